The lowest BCUT2D eigenvalue weighted by Crippen LogP contribution is -2.03. The van der Waals surface area contributed by atoms with Crippen molar-refractivity contribution in [3.05, 3.63) is 33.8 Å². The molecule has 0 aliphatic carbocycles. The van der Waals surface area contributed by atoms with Gasteiger partial charge in [0.05, 0.1) is 12.3 Å². The minimum Gasteiger partial charge on any atom is -0.462 e. The number of rotatable bonds is 5. The van der Waals surface area contributed by atoms with E-state index < -0.39 is 0 Å². The van der Waals surface area contributed by atoms with Gasteiger partial charge in [-0.3, -0.25) is 0 Å². The van der Waals surface area contributed by atoms with Gasteiger partial charge in [-0.2, -0.15) is 0 Å². The van der Waals surface area contributed by atoms with Crippen LogP contribution in [0, 0.1) is 20.8 Å². The molecule has 3 heterocycles. The van der Waals surface area contributed by atoms with Gasteiger partial charge in [-0.15, -0.1) is 23.1 Å². The summed E-state index contributed by atoms with van der Waals surface area (Å²) in [4.78, 5) is 22.2. The lowest BCUT2D eigenvalue weighted by molar-refractivity contribution is 0.0531. The molecule has 3 aromatic heterocycles. The minimum atomic E-state index is -0.306. The summed E-state index contributed by atoms with van der Waals surface area (Å²) in [5, 5.41) is 5.75. The Bertz CT molecular complexity index is 882. The van der Waals surface area contributed by atoms with Gasteiger partial charge in [0.1, 0.15) is 26.8 Å². The minimum absolute atomic E-state index is 0.306. The molecule has 0 radical (unpaired) electrons. The molecule has 0 aliphatic rings. The number of fused-ring (bicyclic) bond motifs is 1. The van der Waals surface area contributed by atoms with Crippen molar-refractivity contribution in [3.63, 3.8) is 0 Å². The molecular formula is C16H17N3O3S2. The summed E-state index contributed by atoms with van der Waals surface area (Å²) in [6.45, 7) is 7.89. The molecule has 0 unspecified atom stereocenters. The molecule has 0 aliphatic heterocycles. The van der Waals surface area contributed by atoms with E-state index in [0.29, 0.717) is 17.2 Å². The summed E-state index contributed by atoms with van der Waals surface area (Å²) in [5.41, 5.74) is 2.83. The van der Waals surface area contributed by atoms with E-state index in [0.717, 1.165) is 37.8 Å². The molecule has 24 heavy (non-hydrogen) atoms. The molecule has 3 aromatic rings. The molecule has 0 spiro atoms. The Morgan fingerprint density at radius 3 is 2.79 bits per heavy atom. The second kappa shape index (κ2) is 6.90. The molecule has 0 amide bonds. The largest absolute Gasteiger partial charge is 0.462 e. The van der Waals surface area contributed by atoms with Gasteiger partial charge in [-0.1, -0.05) is 5.16 Å². The van der Waals surface area contributed by atoms with Gasteiger partial charge in [0.2, 0.25) is 0 Å². The van der Waals surface area contributed by atoms with E-state index in [1.807, 2.05) is 20.8 Å². The molecule has 8 heteroatoms. The zero-order valence-electron chi connectivity index (χ0n) is 13.9. The summed E-state index contributed by atoms with van der Waals surface area (Å²) in [6.07, 6.45) is 1.53. The van der Waals surface area contributed by atoms with Crippen molar-refractivity contribution in [1.82, 2.24) is 15.1 Å². The first-order valence-electron chi connectivity index (χ1n) is 7.48. The molecule has 126 valence electrons. The Kier molecular flexibility index (Phi) is 4.86. The van der Waals surface area contributed by atoms with Crippen LogP contribution in [0.1, 0.15) is 39.2 Å². The van der Waals surface area contributed by atoms with Gasteiger partial charge in [-0.25, -0.2) is 14.8 Å². The van der Waals surface area contributed by atoms with Crippen LogP contribution in [0.25, 0.3) is 10.2 Å². The Hall–Kier alpha value is -1.93. The highest BCUT2D eigenvalue weighted by atomic mass is 32.2. The second-order valence-electron chi connectivity index (χ2n) is 5.23. The number of aromatic nitrogens is 3. The summed E-state index contributed by atoms with van der Waals surface area (Å²) in [7, 11) is 0. The average Bonchev–Trinajstić information content (AvgIpc) is 3.07. The zero-order chi connectivity index (χ0) is 17.3. The summed E-state index contributed by atoms with van der Waals surface area (Å²) in [5.74, 6) is 1.22. The molecule has 0 bridgehead atoms. The van der Waals surface area contributed by atoms with E-state index in [1.165, 1.54) is 17.7 Å². The Labute approximate surface area is 147 Å². The quantitative estimate of drug-likeness (QED) is 0.384. The number of nitrogens with zero attached hydrogens (tertiary/aromatic N) is 3. The number of thioether (sulfide) groups is 1. The first kappa shape index (κ1) is 16.9. The number of carbonyl (C=O) groups is 1. The highest BCUT2D eigenvalue weighted by molar-refractivity contribution is 7.98. The Morgan fingerprint density at radius 2 is 2.12 bits per heavy atom. The van der Waals surface area contributed by atoms with Crippen molar-refractivity contribution < 1.29 is 14.1 Å². The molecule has 0 N–H and O–H groups in total. The number of thiophene rings is 1. The highest BCUT2D eigenvalue weighted by Crippen LogP contribution is 2.36. The predicted molar refractivity (Wildman–Crippen MR) is 93.6 cm³/mol. The topological polar surface area (TPSA) is 78.1 Å². The molecule has 0 saturated heterocycles. The molecule has 0 atom stereocenters. The number of hydrogen-bond donors (Lipinski definition) is 0. The van der Waals surface area contributed by atoms with E-state index in [4.69, 9.17) is 9.26 Å². The number of esters is 1. The van der Waals surface area contributed by atoms with E-state index in [2.05, 4.69) is 15.1 Å². The van der Waals surface area contributed by atoms with Crippen LogP contribution < -0.4 is 0 Å². The standard InChI is InChI=1S/C16H17N3O3S2/c1-5-21-16(20)13-8(2)12-14(17-7-18-15(12)24-13)23-6-11-9(3)19-22-10(11)4/h7H,5-6H2,1-4H3. The molecule has 6 nitrogen and oxygen atoms in total. The monoisotopic (exact) mass is 363 g/mol. The van der Waals surface area contributed by atoms with Gasteiger partial charge in [0, 0.05) is 16.7 Å². The van der Waals surface area contributed by atoms with E-state index in [1.54, 1.807) is 18.7 Å². The zero-order valence-corrected chi connectivity index (χ0v) is 15.5. The average molecular weight is 363 g/mol. The highest BCUT2D eigenvalue weighted by Gasteiger charge is 2.21. The normalized spacial score (nSPS) is 11.2. The SMILES string of the molecule is CCOC(=O)c1sc2ncnc(SCc3c(C)noc3C)c2c1C. The first-order valence-corrected chi connectivity index (χ1v) is 9.28. The van der Waals surface area contributed by atoms with Crippen LogP contribution in [-0.4, -0.2) is 27.7 Å². The predicted octanol–water partition coefficient (Wildman–Crippen LogP) is 4.07. The Balaban J connectivity index is 1.95. The number of aryl methyl sites for hydroxylation is 3. The van der Waals surface area contributed by atoms with Crippen LogP contribution in [0.3, 0.4) is 0 Å². The maximum atomic E-state index is 12.1. The van der Waals surface area contributed by atoms with Crippen molar-refractivity contribution >= 4 is 39.3 Å². The molecular weight excluding hydrogens is 346 g/mol. The van der Waals surface area contributed by atoms with E-state index in [9.17, 15) is 4.79 Å². The second-order valence-corrected chi connectivity index (χ2v) is 7.19. The third kappa shape index (κ3) is 3.03. The van der Waals surface area contributed by atoms with E-state index >= 15 is 0 Å². The maximum Gasteiger partial charge on any atom is 0.348 e. The van der Waals surface area contributed by atoms with Crippen LogP contribution >= 0.6 is 23.1 Å². The molecule has 0 fully saturated rings. The van der Waals surface area contributed by atoms with Crippen LogP contribution in [0.2, 0.25) is 0 Å². The number of carbonyl (C=O) groups excluding carboxylic acids is 1. The third-order valence-corrected chi connectivity index (χ3v) is 5.88. The molecule has 3 rings (SSSR count). The number of ether oxygens (including phenoxy) is 1. The van der Waals surface area contributed by atoms with E-state index in [-0.39, 0.29) is 5.97 Å². The Morgan fingerprint density at radius 1 is 1.33 bits per heavy atom. The third-order valence-electron chi connectivity index (χ3n) is 3.69. The van der Waals surface area contributed by atoms with Gasteiger partial charge in [0.15, 0.2) is 0 Å². The summed E-state index contributed by atoms with van der Waals surface area (Å²) in [6, 6.07) is 0. The number of hydrogen-bond acceptors (Lipinski definition) is 8. The molecule has 0 aromatic carbocycles. The van der Waals surface area contributed by atoms with Crippen LogP contribution in [-0.2, 0) is 10.5 Å². The fraction of sp³-hybridized carbons (Fsp3) is 0.375. The van der Waals surface area contributed by atoms with Crippen molar-refractivity contribution in [2.45, 2.75) is 38.5 Å². The summed E-state index contributed by atoms with van der Waals surface area (Å²) < 4.78 is 10.3. The van der Waals surface area contributed by atoms with Crippen molar-refractivity contribution in [3.8, 4) is 0 Å². The maximum absolute atomic E-state index is 12.1. The van der Waals surface area contributed by atoms with Crippen LogP contribution in [0.4, 0.5) is 0 Å². The van der Waals surface area contributed by atoms with Crippen molar-refractivity contribution in [2.75, 3.05) is 6.61 Å². The van der Waals surface area contributed by atoms with Crippen molar-refractivity contribution in [2.24, 2.45) is 0 Å². The van der Waals surface area contributed by atoms with Crippen molar-refractivity contribution in [1.29, 1.82) is 0 Å². The van der Waals surface area contributed by atoms with Crippen LogP contribution in [0.5, 0.6) is 0 Å². The smallest absolute Gasteiger partial charge is 0.348 e. The van der Waals surface area contributed by atoms with Gasteiger partial charge < -0.3 is 9.26 Å². The van der Waals surface area contributed by atoms with Crippen LogP contribution in [0.15, 0.2) is 15.9 Å². The fourth-order valence-electron chi connectivity index (χ4n) is 2.39. The van der Waals surface area contributed by atoms with Gasteiger partial charge >= 0.3 is 5.97 Å². The summed E-state index contributed by atoms with van der Waals surface area (Å²) >= 11 is 2.94. The lowest BCUT2D eigenvalue weighted by atomic mass is 10.2. The lowest BCUT2D eigenvalue weighted by Gasteiger charge is -2.03. The molecule has 0 saturated carbocycles. The fourth-order valence-corrected chi connectivity index (χ4v) is 4.70. The van der Waals surface area contributed by atoms with Gasteiger partial charge in [-0.05, 0) is 33.3 Å². The first-order chi connectivity index (χ1) is 11.5. The van der Waals surface area contributed by atoms with Gasteiger partial charge in [0.25, 0.3) is 0 Å².